The van der Waals surface area contributed by atoms with Crippen LogP contribution in [-0.2, 0) is 9.59 Å². The maximum Gasteiger partial charge on any atom is 0.222 e. The van der Waals surface area contributed by atoms with Crippen molar-refractivity contribution < 1.29 is 14.7 Å². The summed E-state index contributed by atoms with van der Waals surface area (Å²) >= 11 is 0. The molecule has 0 saturated carbocycles. The number of aliphatic hydroxyl groups is 1. The molecule has 1 atom stereocenters. The molecule has 6 nitrogen and oxygen atoms in total. The molecule has 1 unspecified atom stereocenters. The van der Waals surface area contributed by atoms with Gasteiger partial charge in [0, 0.05) is 19.3 Å². The van der Waals surface area contributed by atoms with Gasteiger partial charge < -0.3 is 15.7 Å². The van der Waals surface area contributed by atoms with Crippen LogP contribution in [0.2, 0.25) is 0 Å². The Morgan fingerprint density at radius 2 is 0.744 bits per heavy atom. The van der Waals surface area contributed by atoms with E-state index in [9.17, 15) is 14.7 Å². The van der Waals surface area contributed by atoms with Gasteiger partial charge in [-0.25, -0.2) is 0 Å². The molecule has 4 N–H and O–H groups in total. The number of carbonyl (C=O) groups excluding carboxylic acids is 2. The number of unbranched alkanes of at least 4 members (excludes halogenated alkanes) is 24. The van der Waals surface area contributed by atoms with Gasteiger partial charge in [-0.15, -0.1) is 0 Å². The Balaban J connectivity index is 4.06. The highest BCUT2D eigenvalue weighted by molar-refractivity contribution is 5.80. The van der Waals surface area contributed by atoms with Gasteiger partial charge in [-0.3, -0.25) is 14.9 Å². The molecule has 0 saturated heterocycles. The van der Waals surface area contributed by atoms with Crippen molar-refractivity contribution in [2.75, 3.05) is 0 Å². The molecule has 0 rings (SSSR count). The quantitative estimate of drug-likeness (QED) is 0.0440. The van der Waals surface area contributed by atoms with E-state index >= 15 is 0 Å². The fraction of sp³-hybridized carbons (Fsp3) is 0.946. The molecule has 0 bridgehead atoms. The molecule has 0 aliphatic rings. The summed E-state index contributed by atoms with van der Waals surface area (Å²) < 4.78 is 0. The molecule has 0 aliphatic carbocycles. The minimum atomic E-state index is -1.12. The SMILES string of the molecule is CCCCCCCCCCCCCCCC(=O)NC(CC)(NC(=O)CCCCCCCCCCCCCCC)NC(C)O. The fourth-order valence-electron chi connectivity index (χ4n) is 5.95. The zero-order valence-electron chi connectivity index (χ0n) is 29.3. The molecule has 6 heteroatoms. The Morgan fingerprint density at radius 1 is 0.488 bits per heavy atom. The highest BCUT2D eigenvalue weighted by Gasteiger charge is 2.32. The molecule has 0 heterocycles. The number of nitrogens with one attached hydrogen (secondary N) is 3. The molecule has 0 aliphatic heterocycles. The van der Waals surface area contributed by atoms with Gasteiger partial charge in [0.15, 0.2) is 5.79 Å². The average Bonchev–Trinajstić information content (AvgIpc) is 2.97. The lowest BCUT2D eigenvalue weighted by molar-refractivity contribution is -0.129. The highest BCUT2D eigenvalue weighted by Crippen LogP contribution is 2.15. The lowest BCUT2D eigenvalue weighted by Gasteiger charge is -2.37. The molecule has 0 aromatic rings. The number of hydrogen-bond donors (Lipinski definition) is 4. The number of hydrogen-bond acceptors (Lipinski definition) is 4. The maximum absolute atomic E-state index is 12.8. The molecule has 0 fully saturated rings. The van der Waals surface area contributed by atoms with Crippen molar-refractivity contribution in [2.45, 2.75) is 226 Å². The minimum Gasteiger partial charge on any atom is -0.379 e. The summed E-state index contributed by atoms with van der Waals surface area (Å²) in [5.41, 5.74) is 0. The van der Waals surface area contributed by atoms with E-state index in [4.69, 9.17) is 0 Å². The van der Waals surface area contributed by atoms with Gasteiger partial charge in [-0.2, -0.15) is 0 Å². The van der Waals surface area contributed by atoms with Gasteiger partial charge in [0.2, 0.25) is 11.8 Å². The van der Waals surface area contributed by atoms with Gasteiger partial charge in [0.25, 0.3) is 0 Å². The summed E-state index contributed by atoms with van der Waals surface area (Å²) in [6.45, 7) is 8.05. The molecule has 0 radical (unpaired) electrons. The van der Waals surface area contributed by atoms with Crippen molar-refractivity contribution in [3.8, 4) is 0 Å². The largest absolute Gasteiger partial charge is 0.379 e. The zero-order chi connectivity index (χ0) is 31.9. The molecular formula is C37H75N3O3. The van der Waals surface area contributed by atoms with E-state index in [1.165, 1.54) is 141 Å². The maximum atomic E-state index is 12.8. The van der Waals surface area contributed by atoms with E-state index in [-0.39, 0.29) is 11.8 Å². The first-order chi connectivity index (χ1) is 20.9. The third-order valence-electron chi connectivity index (χ3n) is 8.71. The normalized spacial score (nSPS) is 12.4. The third-order valence-corrected chi connectivity index (χ3v) is 8.71. The second-order valence-electron chi connectivity index (χ2n) is 13.2. The second-order valence-corrected chi connectivity index (χ2v) is 13.2. The first-order valence-corrected chi connectivity index (χ1v) is 19.0. The van der Waals surface area contributed by atoms with Crippen LogP contribution in [0.1, 0.15) is 214 Å². The molecule has 0 aromatic heterocycles. The van der Waals surface area contributed by atoms with Crippen molar-refractivity contribution in [3.05, 3.63) is 0 Å². The van der Waals surface area contributed by atoms with Crippen LogP contribution in [0, 0.1) is 0 Å². The van der Waals surface area contributed by atoms with Crippen LogP contribution in [0.25, 0.3) is 0 Å². The lowest BCUT2D eigenvalue weighted by atomic mass is 10.0. The number of aliphatic hydroxyl groups excluding tert-OH is 1. The molecule has 0 spiro atoms. The van der Waals surface area contributed by atoms with E-state index < -0.39 is 12.0 Å². The smallest absolute Gasteiger partial charge is 0.222 e. The zero-order valence-corrected chi connectivity index (χ0v) is 29.3. The first-order valence-electron chi connectivity index (χ1n) is 19.0. The van der Waals surface area contributed by atoms with E-state index in [1.54, 1.807) is 6.92 Å². The summed E-state index contributed by atoms with van der Waals surface area (Å²) in [6.07, 6.45) is 33.6. The Bertz CT molecular complexity index is 582. The van der Waals surface area contributed by atoms with E-state index in [0.717, 1.165) is 25.7 Å². The summed E-state index contributed by atoms with van der Waals surface area (Å²) in [4.78, 5) is 25.6. The van der Waals surface area contributed by atoms with Crippen molar-refractivity contribution in [1.29, 1.82) is 0 Å². The van der Waals surface area contributed by atoms with Crippen LogP contribution in [-0.4, -0.2) is 28.9 Å². The van der Waals surface area contributed by atoms with Gasteiger partial charge in [0.05, 0.1) is 0 Å². The Morgan fingerprint density at radius 3 is 0.977 bits per heavy atom. The minimum absolute atomic E-state index is 0.0840. The van der Waals surface area contributed by atoms with Gasteiger partial charge in [0.1, 0.15) is 6.23 Å². The number of amides is 2. The molecule has 256 valence electrons. The summed E-state index contributed by atoms with van der Waals surface area (Å²) in [5.74, 6) is -1.28. The van der Waals surface area contributed by atoms with E-state index in [1.807, 2.05) is 6.92 Å². The Hall–Kier alpha value is -1.14. The van der Waals surface area contributed by atoms with Gasteiger partial charge in [-0.05, 0) is 19.8 Å². The Labute approximate surface area is 268 Å². The van der Waals surface area contributed by atoms with Crippen LogP contribution >= 0.6 is 0 Å². The van der Waals surface area contributed by atoms with Crippen molar-refractivity contribution in [3.63, 3.8) is 0 Å². The number of carbonyl (C=O) groups is 2. The summed E-state index contributed by atoms with van der Waals surface area (Å²) in [6, 6.07) is 0. The monoisotopic (exact) mass is 610 g/mol. The summed E-state index contributed by atoms with van der Waals surface area (Å²) in [7, 11) is 0. The van der Waals surface area contributed by atoms with Crippen LogP contribution in [0.4, 0.5) is 0 Å². The Kier molecular flexibility index (Phi) is 30.0. The van der Waals surface area contributed by atoms with Crippen molar-refractivity contribution in [1.82, 2.24) is 16.0 Å². The van der Waals surface area contributed by atoms with E-state index in [0.29, 0.717) is 19.3 Å². The predicted octanol–water partition coefficient (Wildman–Crippen LogP) is 10.2. The standard InChI is InChI=1S/C37H75N3O3/c1-5-8-10-12-14-16-18-20-22-24-26-28-30-32-35(42)39-37(7-3,38-34(4)41)40-36(43)33-31-29-27-25-23-21-19-17-15-13-11-9-6-2/h34,38,41H,5-33H2,1-4H3,(H,39,42)(H,40,43). The third kappa shape index (κ3) is 28.1. The molecular weight excluding hydrogens is 534 g/mol. The first kappa shape index (κ1) is 41.9. The van der Waals surface area contributed by atoms with Crippen LogP contribution in [0.5, 0.6) is 0 Å². The van der Waals surface area contributed by atoms with Crippen LogP contribution in [0.15, 0.2) is 0 Å². The van der Waals surface area contributed by atoms with Crippen LogP contribution in [0.3, 0.4) is 0 Å². The van der Waals surface area contributed by atoms with Crippen molar-refractivity contribution >= 4 is 11.8 Å². The van der Waals surface area contributed by atoms with Crippen LogP contribution < -0.4 is 16.0 Å². The topological polar surface area (TPSA) is 90.5 Å². The second kappa shape index (κ2) is 30.9. The highest BCUT2D eigenvalue weighted by atomic mass is 16.3. The average molecular weight is 610 g/mol. The van der Waals surface area contributed by atoms with Gasteiger partial charge in [-0.1, -0.05) is 175 Å². The predicted molar refractivity (Wildman–Crippen MR) is 185 cm³/mol. The van der Waals surface area contributed by atoms with E-state index in [2.05, 4.69) is 29.8 Å². The molecule has 0 aromatic carbocycles. The molecule has 43 heavy (non-hydrogen) atoms. The fourth-order valence-corrected chi connectivity index (χ4v) is 5.95. The van der Waals surface area contributed by atoms with Gasteiger partial charge >= 0.3 is 0 Å². The lowest BCUT2D eigenvalue weighted by Crippen LogP contribution is -2.70. The summed E-state index contributed by atoms with van der Waals surface area (Å²) in [5, 5.41) is 19.0. The van der Waals surface area contributed by atoms with Crippen molar-refractivity contribution in [2.24, 2.45) is 0 Å². The molecule has 2 amide bonds. The number of rotatable bonds is 33.